The highest BCUT2D eigenvalue weighted by Gasteiger charge is 2.24. The number of pyridine rings is 1. The number of hydrogen-bond acceptors (Lipinski definition) is 5. The molecule has 3 aromatic rings. The molecule has 2 aliphatic rings. The van der Waals surface area contributed by atoms with Crippen molar-refractivity contribution in [3.63, 3.8) is 0 Å². The van der Waals surface area contributed by atoms with E-state index in [1.165, 1.54) is 12.1 Å². The highest BCUT2D eigenvalue weighted by molar-refractivity contribution is 6.49. The van der Waals surface area contributed by atoms with Crippen LogP contribution in [0.4, 0.5) is 4.39 Å². The van der Waals surface area contributed by atoms with Gasteiger partial charge in [0.05, 0.1) is 10.7 Å². The molecule has 146 valence electrons. The third-order valence-corrected chi connectivity index (χ3v) is 5.73. The lowest BCUT2D eigenvalue weighted by Crippen LogP contribution is -2.34. The van der Waals surface area contributed by atoms with Gasteiger partial charge in [0, 0.05) is 66.9 Å². The van der Waals surface area contributed by atoms with E-state index in [-0.39, 0.29) is 5.82 Å². The Morgan fingerprint density at radius 1 is 1.17 bits per heavy atom. The lowest BCUT2D eigenvalue weighted by Gasteiger charge is -2.30. The van der Waals surface area contributed by atoms with Gasteiger partial charge in [0.1, 0.15) is 18.2 Å². The summed E-state index contributed by atoms with van der Waals surface area (Å²) in [7, 11) is 0. The highest BCUT2D eigenvalue weighted by Crippen LogP contribution is 2.36. The Bertz CT molecular complexity index is 1100. The summed E-state index contributed by atoms with van der Waals surface area (Å²) in [6, 6.07) is 8.26. The molecule has 0 atom stereocenters. The zero-order valence-electron chi connectivity index (χ0n) is 15.6. The van der Waals surface area contributed by atoms with Gasteiger partial charge >= 0.3 is 0 Å². The molecule has 5 rings (SSSR count). The van der Waals surface area contributed by atoms with Crippen LogP contribution in [0.3, 0.4) is 0 Å². The quantitative estimate of drug-likeness (QED) is 0.653. The first kappa shape index (κ1) is 18.2. The number of aromatic nitrogens is 3. The number of nitrogens with zero attached hydrogens (tertiary/aromatic N) is 4. The van der Waals surface area contributed by atoms with E-state index in [4.69, 9.17) is 21.3 Å². The van der Waals surface area contributed by atoms with E-state index in [1.807, 2.05) is 18.3 Å². The van der Waals surface area contributed by atoms with Crippen molar-refractivity contribution >= 4 is 16.6 Å². The number of rotatable bonds is 3. The molecular formula is C22H18ClFN4O. The molecule has 0 saturated carbocycles. The summed E-state index contributed by atoms with van der Waals surface area (Å²) in [6.07, 6.45) is 6.23. The first-order chi connectivity index (χ1) is 14.2. The molecule has 29 heavy (non-hydrogen) atoms. The zero-order chi connectivity index (χ0) is 19.8. The largest absolute Gasteiger partial charge is 0.488 e. The van der Waals surface area contributed by atoms with Gasteiger partial charge in [-0.15, -0.1) is 0 Å². The minimum atomic E-state index is -0.319. The van der Waals surface area contributed by atoms with E-state index in [0.29, 0.717) is 29.5 Å². The SMILES string of the molecule is Fc1ccc2c(c1)C(Cl)=C(CN1CCc3nc(-c4ccncc4)ncc3C1)CO2. The normalized spacial score (nSPS) is 16.2. The fourth-order valence-electron chi connectivity index (χ4n) is 3.75. The van der Waals surface area contributed by atoms with Crippen molar-refractivity contribution in [2.75, 3.05) is 19.7 Å². The van der Waals surface area contributed by atoms with Gasteiger partial charge in [0.15, 0.2) is 5.82 Å². The van der Waals surface area contributed by atoms with Gasteiger partial charge in [-0.25, -0.2) is 14.4 Å². The summed E-state index contributed by atoms with van der Waals surface area (Å²) in [5.74, 6) is 1.03. The molecule has 0 saturated heterocycles. The summed E-state index contributed by atoms with van der Waals surface area (Å²) in [6.45, 7) is 2.69. The Labute approximate surface area is 172 Å². The number of benzene rings is 1. The van der Waals surface area contributed by atoms with Crippen LogP contribution in [0.2, 0.25) is 0 Å². The molecule has 2 aromatic heterocycles. The predicted molar refractivity (Wildman–Crippen MR) is 109 cm³/mol. The minimum absolute atomic E-state index is 0.319. The molecule has 7 heteroatoms. The smallest absolute Gasteiger partial charge is 0.159 e. The van der Waals surface area contributed by atoms with Crippen LogP contribution in [0.15, 0.2) is 54.5 Å². The fourth-order valence-corrected chi connectivity index (χ4v) is 4.01. The summed E-state index contributed by atoms with van der Waals surface area (Å²) < 4.78 is 19.4. The Morgan fingerprint density at radius 2 is 2.03 bits per heavy atom. The topological polar surface area (TPSA) is 51.1 Å². The summed E-state index contributed by atoms with van der Waals surface area (Å²) in [5.41, 5.74) is 4.75. The van der Waals surface area contributed by atoms with Crippen LogP contribution in [0, 0.1) is 5.82 Å². The number of ether oxygens (including phenoxy) is 1. The average Bonchev–Trinajstić information content (AvgIpc) is 2.76. The van der Waals surface area contributed by atoms with Crippen molar-refractivity contribution in [1.29, 1.82) is 0 Å². The molecule has 5 nitrogen and oxygen atoms in total. The van der Waals surface area contributed by atoms with Crippen molar-refractivity contribution < 1.29 is 9.13 Å². The maximum absolute atomic E-state index is 13.6. The molecular weight excluding hydrogens is 391 g/mol. The fraction of sp³-hybridized carbons (Fsp3) is 0.227. The van der Waals surface area contributed by atoms with E-state index in [9.17, 15) is 4.39 Å². The van der Waals surface area contributed by atoms with Gasteiger partial charge in [-0.1, -0.05) is 11.6 Å². The third kappa shape index (κ3) is 3.61. The lowest BCUT2D eigenvalue weighted by atomic mass is 10.0. The van der Waals surface area contributed by atoms with Crippen molar-refractivity contribution in [2.45, 2.75) is 13.0 Å². The predicted octanol–water partition coefficient (Wildman–Crippen LogP) is 4.08. The number of fused-ring (bicyclic) bond motifs is 2. The molecule has 0 unspecified atom stereocenters. The van der Waals surface area contributed by atoms with Gasteiger partial charge in [0.2, 0.25) is 0 Å². The Balaban J connectivity index is 1.35. The second-order valence-electron chi connectivity index (χ2n) is 7.21. The van der Waals surface area contributed by atoms with Crippen molar-refractivity contribution in [3.8, 4) is 17.1 Å². The molecule has 0 amide bonds. The Hall–Kier alpha value is -2.83. The van der Waals surface area contributed by atoms with Gasteiger partial charge < -0.3 is 4.74 Å². The Morgan fingerprint density at radius 3 is 2.90 bits per heavy atom. The average molecular weight is 409 g/mol. The minimum Gasteiger partial charge on any atom is -0.488 e. The van der Waals surface area contributed by atoms with E-state index in [0.717, 1.165) is 47.7 Å². The van der Waals surface area contributed by atoms with E-state index < -0.39 is 0 Å². The number of halogens is 2. The van der Waals surface area contributed by atoms with Crippen LogP contribution < -0.4 is 4.74 Å². The van der Waals surface area contributed by atoms with Crippen LogP contribution in [-0.2, 0) is 13.0 Å². The summed E-state index contributed by atoms with van der Waals surface area (Å²) in [5, 5.41) is 0.584. The molecule has 0 radical (unpaired) electrons. The second kappa shape index (κ2) is 7.54. The van der Waals surface area contributed by atoms with Gasteiger partial charge in [0.25, 0.3) is 0 Å². The molecule has 0 fully saturated rings. The number of hydrogen-bond donors (Lipinski definition) is 0. The van der Waals surface area contributed by atoms with Gasteiger partial charge in [-0.3, -0.25) is 9.88 Å². The van der Waals surface area contributed by atoms with Crippen molar-refractivity contribution in [3.05, 3.63) is 77.1 Å². The third-order valence-electron chi connectivity index (χ3n) is 5.26. The maximum Gasteiger partial charge on any atom is 0.159 e. The molecule has 0 N–H and O–H groups in total. The van der Waals surface area contributed by atoms with Crippen LogP contribution in [0.25, 0.3) is 16.4 Å². The maximum atomic E-state index is 13.6. The first-order valence-electron chi connectivity index (χ1n) is 9.45. The molecule has 1 aromatic carbocycles. The summed E-state index contributed by atoms with van der Waals surface area (Å²) in [4.78, 5) is 15.6. The van der Waals surface area contributed by atoms with Crippen LogP contribution in [-0.4, -0.2) is 39.5 Å². The monoisotopic (exact) mass is 408 g/mol. The zero-order valence-corrected chi connectivity index (χ0v) is 16.4. The molecule has 0 aliphatic carbocycles. The van der Waals surface area contributed by atoms with Gasteiger partial charge in [-0.2, -0.15) is 0 Å². The van der Waals surface area contributed by atoms with Crippen molar-refractivity contribution in [1.82, 2.24) is 19.9 Å². The first-order valence-corrected chi connectivity index (χ1v) is 9.83. The standard InChI is InChI=1S/C22H18ClFN4O/c23-21-16(13-29-20-2-1-17(24)9-18(20)21)12-28-8-5-19-15(11-28)10-26-22(27-19)14-3-6-25-7-4-14/h1-4,6-7,9-10H,5,8,11-13H2. The van der Waals surface area contributed by atoms with Crippen molar-refractivity contribution in [2.24, 2.45) is 0 Å². The van der Waals surface area contributed by atoms with Gasteiger partial charge in [-0.05, 0) is 30.3 Å². The van der Waals surface area contributed by atoms with Crippen LogP contribution in [0.1, 0.15) is 16.8 Å². The Kier molecular flexibility index (Phi) is 4.73. The highest BCUT2D eigenvalue weighted by atomic mass is 35.5. The van der Waals surface area contributed by atoms with E-state index in [2.05, 4.69) is 14.9 Å². The second-order valence-corrected chi connectivity index (χ2v) is 7.59. The molecule has 4 heterocycles. The lowest BCUT2D eigenvalue weighted by molar-refractivity contribution is 0.254. The van der Waals surface area contributed by atoms with Crippen LogP contribution >= 0.6 is 11.6 Å². The van der Waals surface area contributed by atoms with E-state index in [1.54, 1.807) is 18.5 Å². The van der Waals surface area contributed by atoms with E-state index >= 15 is 0 Å². The molecule has 0 bridgehead atoms. The molecule has 0 spiro atoms. The molecule has 2 aliphatic heterocycles. The van der Waals surface area contributed by atoms with Crippen LogP contribution in [0.5, 0.6) is 5.75 Å². The summed E-state index contributed by atoms with van der Waals surface area (Å²) >= 11 is 6.57.